The normalized spacial score (nSPS) is 11.2. The maximum absolute atomic E-state index is 11.8. The summed E-state index contributed by atoms with van der Waals surface area (Å²) >= 11 is 0. The van der Waals surface area contributed by atoms with Crippen molar-refractivity contribution in [3.63, 3.8) is 0 Å². The summed E-state index contributed by atoms with van der Waals surface area (Å²) in [7, 11) is 0. The third-order valence-electron chi connectivity index (χ3n) is 2.55. The molecule has 108 valence electrons. The minimum atomic E-state index is -0.813. The van der Waals surface area contributed by atoms with Crippen molar-refractivity contribution in [1.29, 1.82) is 0 Å². The zero-order valence-electron chi connectivity index (χ0n) is 11.1. The topological polar surface area (TPSA) is 121 Å². The Hall–Kier alpha value is -3.10. The van der Waals surface area contributed by atoms with Crippen molar-refractivity contribution in [2.75, 3.05) is 0 Å². The van der Waals surface area contributed by atoms with E-state index in [9.17, 15) is 14.9 Å². The zero-order valence-corrected chi connectivity index (χ0v) is 11.1. The molecule has 0 spiro atoms. The first-order valence-corrected chi connectivity index (χ1v) is 5.79. The van der Waals surface area contributed by atoms with Crippen molar-refractivity contribution < 1.29 is 19.2 Å². The van der Waals surface area contributed by atoms with E-state index in [-0.39, 0.29) is 11.3 Å². The third-order valence-corrected chi connectivity index (χ3v) is 2.55. The molecule has 0 saturated carbocycles. The lowest BCUT2D eigenvalue weighted by atomic mass is 10.2. The lowest BCUT2D eigenvalue weighted by molar-refractivity contribution is -0.384. The van der Waals surface area contributed by atoms with E-state index in [4.69, 9.17) is 4.84 Å². The average Bonchev–Trinajstić information content (AvgIpc) is 2.90. The average molecular weight is 290 g/mol. The van der Waals surface area contributed by atoms with E-state index >= 15 is 0 Å². The molecule has 0 aliphatic rings. The maximum Gasteiger partial charge on any atom is 0.365 e. The van der Waals surface area contributed by atoms with Gasteiger partial charge >= 0.3 is 5.97 Å². The summed E-state index contributed by atoms with van der Waals surface area (Å²) in [6, 6.07) is 5.16. The van der Waals surface area contributed by atoms with Gasteiger partial charge in [-0.2, -0.15) is 0 Å². The molecule has 0 saturated heterocycles. The van der Waals surface area contributed by atoms with E-state index in [0.29, 0.717) is 17.1 Å². The van der Waals surface area contributed by atoms with Crippen LogP contribution in [0.5, 0.6) is 0 Å². The van der Waals surface area contributed by atoms with Crippen LogP contribution in [0, 0.1) is 17.0 Å². The standard InChI is InChI=1S/C12H10N4O5/c1-7(11-8(2)14-21-15-11)13-20-12(17)9-4-3-5-10(6-9)16(18)19/h3-6H,1-2H3. The van der Waals surface area contributed by atoms with Crippen molar-refractivity contribution in [1.82, 2.24) is 10.3 Å². The molecule has 0 aliphatic heterocycles. The van der Waals surface area contributed by atoms with Crippen LogP contribution in [-0.4, -0.2) is 26.9 Å². The summed E-state index contributed by atoms with van der Waals surface area (Å²) in [5, 5.41) is 21.4. The van der Waals surface area contributed by atoms with Crippen LogP contribution in [-0.2, 0) is 4.84 Å². The van der Waals surface area contributed by atoms with Gasteiger partial charge in [0.2, 0.25) is 0 Å². The number of nitrogens with zero attached hydrogens (tertiary/aromatic N) is 4. The predicted molar refractivity (Wildman–Crippen MR) is 69.8 cm³/mol. The highest BCUT2D eigenvalue weighted by Crippen LogP contribution is 2.14. The molecule has 1 heterocycles. The second-order valence-electron chi connectivity index (χ2n) is 4.06. The van der Waals surface area contributed by atoms with Gasteiger partial charge in [0.05, 0.1) is 10.5 Å². The number of rotatable bonds is 4. The van der Waals surface area contributed by atoms with Crippen molar-refractivity contribution in [2.45, 2.75) is 13.8 Å². The molecule has 0 amide bonds. The van der Waals surface area contributed by atoms with E-state index in [1.165, 1.54) is 18.2 Å². The first-order chi connectivity index (χ1) is 9.99. The predicted octanol–water partition coefficient (Wildman–Crippen LogP) is 1.87. The number of hydrogen-bond donors (Lipinski definition) is 0. The minimum Gasteiger partial charge on any atom is -0.312 e. The van der Waals surface area contributed by atoms with Gasteiger partial charge in [-0.05, 0) is 25.1 Å². The molecule has 2 rings (SSSR count). The van der Waals surface area contributed by atoms with E-state index in [1.807, 2.05) is 0 Å². The molecule has 1 aromatic heterocycles. The fraction of sp³-hybridized carbons (Fsp3) is 0.167. The van der Waals surface area contributed by atoms with E-state index < -0.39 is 10.9 Å². The number of benzene rings is 1. The van der Waals surface area contributed by atoms with Crippen LogP contribution in [0.4, 0.5) is 5.69 Å². The Morgan fingerprint density at radius 1 is 1.43 bits per heavy atom. The van der Waals surface area contributed by atoms with Crippen LogP contribution in [0.1, 0.15) is 28.7 Å². The summed E-state index contributed by atoms with van der Waals surface area (Å²) in [4.78, 5) is 26.5. The van der Waals surface area contributed by atoms with E-state index in [2.05, 4.69) is 20.1 Å². The van der Waals surface area contributed by atoms with E-state index in [1.54, 1.807) is 13.8 Å². The second-order valence-corrected chi connectivity index (χ2v) is 4.06. The molecule has 0 fully saturated rings. The lowest BCUT2D eigenvalue weighted by Crippen LogP contribution is -2.05. The Morgan fingerprint density at radius 3 is 2.81 bits per heavy atom. The van der Waals surface area contributed by atoms with Gasteiger partial charge in [0.25, 0.3) is 5.69 Å². The summed E-state index contributed by atoms with van der Waals surface area (Å²) in [5.74, 6) is -0.813. The highest BCUT2D eigenvalue weighted by molar-refractivity contribution is 5.98. The Morgan fingerprint density at radius 2 is 2.19 bits per heavy atom. The first kappa shape index (κ1) is 14.3. The number of carbonyl (C=O) groups excluding carboxylic acids is 1. The Bertz CT molecular complexity index is 722. The van der Waals surface area contributed by atoms with Gasteiger partial charge in [-0.15, -0.1) is 0 Å². The molecule has 9 nitrogen and oxygen atoms in total. The van der Waals surface area contributed by atoms with E-state index in [0.717, 1.165) is 6.07 Å². The number of nitro benzene ring substituents is 1. The number of oxime groups is 1. The number of aromatic nitrogens is 2. The fourth-order valence-electron chi connectivity index (χ4n) is 1.51. The molecule has 0 atom stereocenters. The molecule has 0 aliphatic carbocycles. The maximum atomic E-state index is 11.8. The number of nitro groups is 1. The molecule has 0 unspecified atom stereocenters. The van der Waals surface area contributed by atoms with Gasteiger partial charge in [0.15, 0.2) is 5.69 Å². The fourth-order valence-corrected chi connectivity index (χ4v) is 1.51. The quantitative estimate of drug-likeness (QED) is 0.364. The van der Waals surface area contributed by atoms with Crippen molar-refractivity contribution in [3.05, 3.63) is 51.3 Å². The van der Waals surface area contributed by atoms with Gasteiger partial charge in [0.1, 0.15) is 11.4 Å². The van der Waals surface area contributed by atoms with Crippen LogP contribution in [0.2, 0.25) is 0 Å². The van der Waals surface area contributed by atoms with Crippen LogP contribution in [0.25, 0.3) is 0 Å². The van der Waals surface area contributed by atoms with Gasteiger partial charge in [-0.3, -0.25) is 10.1 Å². The van der Waals surface area contributed by atoms with Gasteiger partial charge in [-0.1, -0.05) is 16.4 Å². The molecule has 2 aromatic rings. The summed E-state index contributed by atoms with van der Waals surface area (Å²) in [6.45, 7) is 3.22. The summed E-state index contributed by atoms with van der Waals surface area (Å²) in [6.07, 6.45) is 0. The molecule has 0 bridgehead atoms. The number of aryl methyl sites for hydroxylation is 1. The van der Waals surface area contributed by atoms with Gasteiger partial charge in [-0.25, -0.2) is 9.42 Å². The molecule has 0 N–H and O–H groups in total. The lowest BCUT2D eigenvalue weighted by Gasteiger charge is -1.99. The number of hydrogen-bond acceptors (Lipinski definition) is 8. The molecule has 9 heteroatoms. The zero-order chi connectivity index (χ0) is 15.4. The largest absolute Gasteiger partial charge is 0.365 e. The summed E-state index contributed by atoms with van der Waals surface area (Å²) in [5.41, 5.74) is 0.981. The van der Waals surface area contributed by atoms with Crippen molar-refractivity contribution >= 4 is 17.4 Å². The SMILES string of the molecule is CC(=NOC(=O)c1cccc([N+](=O)[O-])c1)c1nonc1C. The first-order valence-electron chi connectivity index (χ1n) is 5.79. The monoisotopic (exact) mass is 290 g/mol. The highest BCUT2D eigenvalue weighted by atomic mass is 16.7. The molecule has 21 heavy (non-hydrogen) atoms. The number of non-ortho nitro benzene ring substituents is 1. The van der Waals surface area contributed by atoms with Gasteiger partial charge in [0, 0.05) is 12.1 Å². The Kier molecular flexibility index (Phi) is 4.02. The number of carbonyl (C=O) groups is 1. The molecule has 0 radical (unpaired) electrons. The van der Waals surface area contributed by atoms with Crippen molar-refractivity contribution in [3.8, 4) is 0 Å². The highest BCUT2D eigenvalue weighted by Gasteiger charge is 2.14. The second kappa shape index (κ2) is 5.90. The summed E-state index contributed by atoms with van der Waals surface area (Å²) < 4.78 is 4.50. The van der Waals surface area contributed by atoms with Crippen LogP contribution in [0.15, 0.2) is 34.1 Å². The Balaban J connectivity index is 2.13. The van der Waals surface area contributed by atoms with Gasteiger partial charge < -0.3 is 4.84 Å². The van der Waals surface area contributed by atoms with Crippen LogP contribution < -0.4 is 0 Å². The van der Waals surface area contributed by atoms with Crippen molar-refractivity contribution in [2.24, 2.45) is 5.16 Å². The minimum absolute atomic E-state index is 0.0238. The Labute approximate surface area is 118 Å². The van der Waals surface area contributed by atoms with Crippen LogP contribution >= 0.6 is 0 Å². The molecular weight excluding hydrogens is 280 g/mol. The smallest absolute Gasteiger partial charge is 0.312 e. The third kappa shape index (κ3) is 3.26. The van der Waals surface area contributed by atoms with Crippen LogP contribution in [0.3, 0.4) is 0 Å². The molecule has 1 aromatic carbocycles. The molecular formula is C12H10N4O5.